The van der Waals surface area contributed by atoms with Crippen LogP contribution in [-0.2, 0) is 0 Å². The van der Waals surface area contributed by atoms with E-state index in [4.69, 9.17) is 0 Å². The molecular weight excluding hydrogens is 194 g/mol. The summed E-state index contributed by atoms with van der Waals surface area (Å²) < 4.78 is 0. The van der Waals surface area contributed by atoms with Crippen LogP contribution in [0.3, 0.4) is 0 Å². The zero-order valence-electron chi connectivity index (χ0n) is 11.6. The molecule has 0 aromatic carbocycles. The van der Waals surface area contributed by atoms with E-state index in [9.17, 15) is 0 Å². The van der Waals surface area contributed by atoms with Crippen molar-refractivity contribution in [2.24, 2.45) is 11.8 Å². The number of allylic oxidation sites excluding steroid dienone is 1. The molecule has 0 aromatic rings. The highest BCUT2D eigenvalue weighted by Crippen LogP contribution is 2.42. The third-order valence-electron chi connectivity index (χ3n) is 4.52. The van der Waals surface area contributed by atoms with Crippen molar-refractivity contribution in [1.82, 2.24) is 5.32 Å². The van der Waals surface area contributed by atoms with E-state index in [0.717, 1.165) is 11.8 Å². The Labute approximate surface area is 102 Å². The minimum absolute atomic E-state index is 0.374. The summed E-state index contributed by atoms with van der Waals surface area (Å²) >= 11 is 0. The molecule has 1 rings (SSSR count). The van der Waals surface area contributed by atoms with Gasteiger partial charge in [-0.1, -0.05) is 53.0 Å². The van der Waals surface area contributed by atoms with Gasteiger partial charge in [0.15, 0.2) is 0 Å². The van der Waals surface area contributed by atoms with Crippen LogP contribution < -0.4 is 5.32 Å². The lowest BCUT2D eigenvalue weighted by Gasteiger charge is -2.40. The minimum Gasteiger partial charge on any atom is -0.385 e. The van der Waals surface area contributed by atoms with Crippen LogP contribution in [0.4, 0.5) is 0 Å². The van der Waals surface area contributed by atoms with E-state index in [2.05, 4.69) is 45.3 Å². The Bertz CT molecular complexity index is 221. The Kier molecular flexibility index (Phi) is 5.37. The zero-order chi connectivity index (χ0) is 12.0. The van der Waals surface area contributed by atoms with Gasteiger partial charge in [0.2, 0.25) is 0 Å². The smallest absolute Gasteiger partial charge is 0.0419 e. The van der Waals surface area contributed by atoms with Gasteiger partial charge in [-0.05, 0) is 37.3 Å². The van der Waals surface area contributed by atoms with Gasteiger partial charge in [-0.25, -0.2) is 0 Å². The molecule has 0 spiro atoms. The molecule has 16 heavy (non-hydrogen) atoms. The first-order valence-corrected chi connectivity index (χ1v) is 7.10. The van der Waals surface area contributed by atoms with E-state index in [0.29, 0.717) is 5.54 Å². The Hall–Kier alpha value is -0.460. The van der Waals surface area contributed by atoms with E-state index in [1.807, 2.05) is 0 Å². The molecule has 1 nitrogen and oxygen atoms in total. The molecule has 0 radical (unpaired) electrons. The summed E-state index contributed by atoms with van der Waals surface area (Å²) in [5.41, 5.74) is 0.374. The number of unbranched alkanes of at least 4 members (excludes halogenated alkanes) is 1. The lowest BCUT2D eigenvalue weighted by molar-refractivity contribution is 0.188. The van der Waals surface area contributed by atoms with Crippen molar-refractivity contribution in [3.8, 4) is 0 Å². The summed E-state index contributed by atoms with van der Waals surface area (Å²) in [6.45, 7) is 9.37. The van der Waals surface area contributed by atoms with Gasteiger partial charge in [-0.2, -0.15) is 0 Å². The molecule has 0 heterocycles. The molecule has 0 saturated heterocycles. The van der Waals surface area contributed by atoms with Crippen molar-refractivity contribution < 1.29 is 0 Å². The first-order valence-electron chi connectivity index (χ1n) is 7.10. The maximum atomic E-state index is 3.75. The Morgan fingerprint density at radius 3 is 2.69 bits per heavy atom. The van der Waals surface area contributed by atoms with Crippen LogP contribution in [0.15, 0.2) is 12.3 Å². The van der Waals surface area contributed by atoms with Crippen molar-refractivity contribution in [3.05, 3.63) is 12.3 Å². The zero-order valence-corrected chi connectivity index (χ0v) is 11.6. The number of rotatable bonds is 6. The monoisotopic (exact) mass is 223 g/mol. The summed E-state index contributed by atoms with van der Waals surface area (Å²) in [7, 11) is 0. The van der Waals surface area contributed by atoms with E-state index in [-0.39, 0.29) is 0 Å². The Morgan fingerprint density at radius 1 is 1.44 bits per heavy atom. The van der Waals surface area contributed by atoms with E-state index in [1.54, 1.807) is 0 Å². The van der Waals surface area contributed by atoms with E-state index >= 15 is 0 Å². The van der Waals surface area contributed by atoms with Crippen molar-refractivity contribution in [2.45, 2.75) is 71.8 Å². The van der Waals surface area contributed by atoms with E-state index in [1.165, 1.54) is 38.5 Å². The second kappa shape index (κ2) is 6.32. The number of hydrogen-bond acceptors (Lipinski definition) is 1. The highest BCUT2D eigenvalue weighted by atomic mass is 15.0. The third-order valence-corrected chi connectivity index (χ3v) is 4.52. The first-order chi connectivity index (χ1) is 7.67. The predicted octanol–water partition coefficient (Wildman–Crippen LogP) is 4.49. The molecule has 0 amide bonds. The highest BCUT2D eigenvalue weighted by Gasteiger charge is 2.42. The van der Waals surface area contributed by atoms with Crippen molar-refractivity contribution in [2.75, 3.05) is 0 Å². The number of nitrogens with one attached hydrogen (secondary N) is 1. The molecule has 1 N–H and O–H groups in total. The fraction of sp³-hybridized carbons (Fsp3) is 0.867. The van der Waals surface area contributed by atoms with Gasteiger partial charge >= 0.3 is 0 Å². The van der Waals surface area contributed by atoms with Crippen LogP contribution in [0, 0.1) is 11.8 Å². The molecule has 94 valence electrons. The van der Waals surface area contributed by atoms with Crippen LogP contribution >= 0.6 is 0 Å². The number of hydrogen-bond donors (Lipinski definition) is 1. The molecule has 3 atom stereocenters. The molecule has 1 aliphatic carbocycles. The predicted molar refractivity (Wildman–Crippen MR) is 72.4 cm³/mol. The molecule has 1 aliphatic rings. The second-order valence-electron chi connectivity index (χ2n) is 5.48. The Balaban J connectivity index is 2.64. The van der Waals surface area contributed by atoms with Crippen LogP contribution in [0.2, 0.25) is 0 Å². The van der Waals surface area contributed by atoms with Crippen LogP contribution in [0.1, 0.15) is 66.2 Å². The second-order valence-corrected chi connectivity index (χ2v) is 5.48. The largest absolute Gasteiger partial charge is 0.385 e. The summed E-state index contributed by atoms with van der Waals surface area (Å²) in [6, 6.07) is 0. The van der Waals surface area contributed by atoms with Gasteiger partial charge < -0.3 is 5.32 Å². The van der Waals surface area contributed by atoms with Crippen LogP contribution in [-0.4, -0.2) is 5.54 Å². The highest BCUT2D eigenvalue weighted by molar-refractivity contribution is 5.03. The van der Waals surface area contributed by atoms with E-state index < -0.39 is 0 Å². The summed E-state index contributed by atoms with van der Waals surface area (Å²) in [4.78, 5) is 0. The van der Waals surface area contributed by atoms with Crippen molar-refractivity contribution in [1.29, 1.82) is 0 Å². The maximum Gasteiger partial charge on any atom is 0.0419 e. The Morgan fingerprint density at radius 2 is 2.19 bits per heavy atom. The first kappa shape index (κ1) is 13.6. The topological polar surface area (TPSA) is 12.0 Å². The summed E-state index contributed by atoms with van der Waals surface area (Å²) in [5, 5.41) is 3.75. The molecule has 2 unspecified atom stereocenters. The summed E-state index contributed by atoms with van der Waals surface area (Å²) in [6.07, 6.45) is 12.3. The fourth-order valence-electron chi connectivity index (χ4n) is 3.12. The molecule has 1 saturated carbocycles. The average Bonchev–Trinajstić information content (AvgIpc) is 2.66. The molecule has 1 fully saturated rings. The molecule has 1 heteroatoms. The van der Waals surface area contributed by atoms with Crippen molar-refractivity contribution in [3.63, 3.8) is 0 Å². The van der Waals surface area contributed by atoms with Crippen LogP contribution in [0.5, 0.6) is 0 Å². The molecule has 0 bridgehead atoms. The summed E-state index contributed by atoms with van der Waals surface area (Å²) in [5.74, 6) is 1.59. The standard InChI is InChI=1S/C15H29N/c1-5-7-8-12-16-15(13(3)6-2)11-9-10-14(15)4/h8,12-14,16H,5-7,9-11H2,1-4H3/t13?,14-,15?/m1/s1. The van der Waals surface area contributed by atoms with Gasteiger partial charge in [-0.3, -0.25) is 0 Å². The van der Waals surface area contributed by atoms with Crippen LogP contribution in [0.25, 0.3) is 0 Å². The quantitative estimate of drug-likeness (QED) is 0.699. The van der Waals surface area contributed by atoms with Crippen molar-refractivity contribution >= 4 is 0 Å². The third kappa shape index (κ3) is 2.81. The fourth-order valence-corrected chi connectivity index (χ4v) is 3.12. The molecule has 0 aliphatic heterocycles. The van der Waals surface area contributed by atoms with Gasteiger partial charge in [0, 0.05) is 5.54 Å². The van der Waals surface area contributed by atoms with Gasteiger partial charge in [-0.15, -0.1) is 0 Å². The van der Waals surface area contributed by atoms with Gasteiger partial charge in [0.1, 0.15) is 0 Å². The average molecular weight is 223 g/mol. The SMILES string of the molecule is CCCC=CNC1(C(C)CC)CCC[C@H]1C. The molecular formula is C15H29N. The normalized spacial score (nSPS) is 32.1. The minimum atomic E-state index is 0.374. The lowest BCUT2D eigenvalue weighted by Crippen LogP contribution is -2.50. The van der Waals surface area contributed by atoms with Gasteiger partial charge in [0.05, 0.1) is 0 Å². The lowest BCUT2D eigenvalue weighted by atomic mass is 9.76. The van der Waals surface area contributed by atoms with Gasteiger partial charge in [0.25, 0.3) is 0 Å². The molecule has 0 aromatic heterocycles. The maximum absolute atomic E-state index is 3.75.